The summed E-state index contributed by atoms with van der Waals surface area (Å²) < 4.78 is 27.3. The zero-order chi connectivity index (χ0) is 18.0. The van der Waals surface area contributed by atoms with Crippen molar-refractivity contribution in [3.8, 4) is 0 Å². The molecule has 2 aliphatic heterocycles. The molecule has 0 spiro atoms. The molecule has 0 N–H and O–H groups in total. The smallest absolute Gasteiger partial charge is 0.252 e. The van der Waals surface area contributed by atoms with Gasteiger partial charge in [-0.15, -0.1) is 11.3 Å². The number of anilines is 2. The second-order valence-corrected chi connectivity index (χ2v) is 10.00. The van der Waals surface area contributed by atoms with Crippen molar-refractivity contribution in [2.24, 2.45) is 0 Å². The van der Waals surface area contributed by atoms with Gasteiger partial charge in [-0.3, -0.25) is 0 Å². The predicted octanol–water partition coefficient (Wildman–Crippen LogP) is 3.25. The Balaban J connectivity index is 1.39. The molecule has 2 saturated heterocycles. The van der Waals surface area contributed by atoms with E-state index in [1.165, 1.54) is 42.0 Å². The van der Waals surface area contributed by atoms with E-state index in [2.05, 4.69) is 34.1 Å². The molecular weight excluding hydrogens is 366 g/mol. The molecule has 0 aliphatic carbocycles. The number of hydrogen-bond donors (Lipinski definition) is 0. The van der Waals surface area contributed by atoms with Crippen LogP contribution in [0.3, 0.4) is 0 Å². The van der Waals surface area contributed by atoms with Crippen molar-refractivity contribution >= 4 is 32.7 Å². The first-order chi connectivity index (χ1) is 12.6. The molecule has 5 nitrogen and oxygen atoms in total. The van der Waals surface area contributed by atoms with Crippen molar-refractivity contribution < 1.29 is 8.42 Å². The van der Waals surface area contributed by atoms with Crippen molar-refractivity contribution in [1.82, 2.24) is 4.31 Å². The van der Waals surface area contributed by atoms with Crippen molar-refractivity contribution in [2.75, 3.05) is 49.1 Å². The lowest BCUT2D eigenvalue weighted by Crippen LogP contribution is -2.48. The van der Waals surface area contributed by atoms with E-state index in [4.69, 9.17) is 0 Å². The van der Waals surface area contributed by atoms with Crippen molar-refractivity contribution in [3.63, 3.8) is 0 Å². The molecule has 2 aliphatic rings. The molecule has 1 aromatic heterocycles. The third-order valence-corrected chi connectivity index (χ3v) is 8.54. The maximum absolute atomic E-state index is 12.6. The maximum Gasteiger partial charge on any atom is 0.252 e. The van der Waals surface area contributed by atoms with E-state index in [1.54, 1.807) is 16.4 Å². The molecule has 2 fully saturated rings. The second-order valence-electron chi connectivity index (χ2n) is 6.89. The van der Waals surface area contributed by atoms with Crippen LogP contribution in [0.4, 0.5) is 11.4 Å². The highest BCUT2D eigenvalue weighted by Crippen LogP contribution is 2.26. The van der Waals surface area contributed by atoms with Crippen molar-refractivity contribution in [2.45, 2.75) is 23.5 Å². The average Bonchev–Trinajstić information content (AvgIpc) is 3.25. The highest BCUT2D eigenvalue weighted by molar-refractivity contribution is 7.91. The van der Waals surface area contributed by atoms with E-state index < -0.39 is 10.0 Å². The molecule has 0 amide bonds. The van der Waals surface area contributed by atoms with Gasteiger partial charge in [0.05, 0.1) is 0 Å². The SMILES string of the molecule is O=S(=O)(c1cccs1)N1CCN(c2ccc(N3CCCCC3)cc2)CC1. The largest absolute Gasteiger partial charge is 0.372 e. The Morgan fingerprint density at radius 3 is 1.85 bits per heavy atom. The first-order valence-electron chi connectivity index (χ1n) is 9.28. The van der Waals surface area contributed by atoms with Crippen LogP contribution in [0.2, 0.25) is 0 Å². The lowest BCUT2D eigenvalue weighted by Gasteiger charge is -2.35. The highest BCUT2D eigenvalue weighted by atomic mass is 32.2. The van der Waals surface area contributed by atoms with Gasteiger partial charge in [0.2, 0.25) is 0 Å². The number of benzene rings is 1. The highest BCUT2D eigenvalue weighted by Gasteiger charge is 2.29. The number of thiophene rings is 1. The summed E-state index contributed by atoms with van der Waals surface area (Å²) in [6, 6.07) is 12.2. The number of piperazine rings is 1. The summed E-state index contributed by atoms with van der Waals surface area (Å²) >= 11 is 1.29. The Hall–Kier alpha value is -1.57. The van der Waals surface area contributed by atoms with Gasteiger partial charge in [0, 0.05) is 50.6 Å². The van der Waals surface area contributed by atoms with Crippen LogP contribution < -0.4 is 9.80 Å². The fourth-order valence-electron chi connectivity index (χ4n) is 3.75. The summed E-state index contributed by atoms with van der Waals surface area (Å²) in [7, 11) is -3.33. The molecule has 3 heterocycles. The Bertz CT molecular complexity index is 805. The summed E-state index contributed by atoms with van der Waals surface area (Å²) in [5.41, 5.74) is 2.48. The van der Waals surface area contributed by atoms with E-state index in [1.807, 2.05) is 5.38 Å². The summed E-state index contributed by atoms with van der Waals surface area (Å²) in [5.74, 6) is 0. The van der Waals surface area contributed by atoms with Crippen LogP contribution in [0.25, 0.3) is 0 Å². The monoisotopic (exact) mass is 391 g/mol. The number of hydrogen-bond acceptors (Lipinski definition) is 5. The van der Waals surface area contributed by atoms with E-state index >= 15 is 0 Å². The Kier molecular flexibility index (Phi) is 5.20. The van der Waals surface area contributed by atoms with Crippen LogP contribution in [0.5, 0.6) is 0 Å². The van der Waals surface area contributed by atoms with Crippen LogP contribution in [-0.2, 0) is 10.0 Å². The molecule has 0 bridgehead atoms. The standard InChI is InChI=1S/C19H25N3O2S2/c23-26(24,19-5-4-16-25-19)22-14-12-21(13-15-22)18-8-6-17(7-9-18)20-10-2-1-3-11-20/h4-9,16H,1-3,10-15H2. The zero-order valence-electron chi connectivity index (χ0n) is 14.9. The lowest BCUT2D eigenvalue weighted by atomic mass is 10.1. The van der Waals surface area contributed by atoms with E-state index in [9.17, 15) is 8.42 Å². The van der Waals surface area contributed by atoms with E-state index in [0.717, 1.165) is 26.2 Å². The molecule has 4 rings (SSSR count). The molecule has 7 heteroatoms. The van der Waals surface area contributed by atoms with Crippen molar-refractivity contribution in [3.05, 3.63) is 41.8 Å². The molecule has 1 aromatic carbocycles. The van der Waals surface area contributed by atoms with Crippen LogP contribution in [0, 0.1) is 0 Å². The molecule has 0 unspecified atom stereocenters. The van der Waals surface area contributed by atoms with Crippen molar-refractivity contribution in [1.29, 1.82) is 0 Å². The molecule has 0 saturated carbocycles. The van der Waals surface area contributed by atoms with Crippen LogP contribution in [0.1, 0.15) is 19.3 Å². The number of sulfonamides is 1. The minimum absolute atomic E-state index is 0.442. The van der Waals surface area contributed by atoms with Gasteiger partial charge in [0.25, 0.3) is 10.0 Å². The summed E-state index contributed by atoms with van der Waals surface area (Å²) in [6.07, 6.45) is 3.90. The van der Waals surface area contributed by atoms with Gasteiger partial charge < -0.3 is 9.80 Å². The molecule has 0 radical (unpaired) electrons. The van der Waals surface area contributed by atoms with Gasteiger partial charge in [-0.05, 0) is 55.0 Å². The maximum atomic E-state index is 12.6. The predicted molar refractivity (Wildman–Crippen MR) is 108 cm³/mol. The number of nitrogens with zero attached hydrogens (tertiary/aromatic N) is 3. The van der Waals surface area contributed by atoms with Gasteiger partial charge in [0.1, 0.15) is 4.21 Å². The van der Waals surface area contributed by atoms with Crippen LogP contribution in [0.15, 0.2) is 46.0 Å². The first-order valence-corrected chi connectivity index (χ1v) is 11.6. The Labute approximate surface area is 159 Å². The average molecular weight is 392 g/mol. The summed E-state index contributed by atoms with van der Waals surface area (Å²) in [4.78, 5) is 4.74. The van der Waals surface area contributed by atoms with Crippen LogP contribution >= 0.6 is 11.3 Å². The third-order valence-electron chi connectivity index (χ3n) is 5.26. The number of rotatable bonds is 4. The fourth-order valence-corrected chi connectivity index (χ4v) is 6.32. The van der Waals surface area contributed by atoms with E-state index in [0.29, 0.717) is 17.3 Å². The fraction of sp³-hybridized carbons (Fsp3) is 0.474. The minimum Gasteiger partial charge on any atom is -0.372 e. The topological polar surface area (TPSA) is 43.9 Å². The molecule has 140 valence electrons. The Morgan fingerprint density at radius 2 is 1.31 bits per heavy atom. The summed E-state index contributed by atoms with van der Waals surface area (Å²) in [6.45, 7) is 4.83. The molecular formula is C19H25N3O2S2. The second kappa shape index (κ2) is 7.58. The summed E-state index contributed by atoms with van der Waals surface area (Å²) in [5, 5.41) is 1.81. The van der Waals surface area contributed by atoms with Gasteiger partial charge in [-0.2, -0.15) is 4.31 Å². The van der Waals surface area contributed by atoms with Crippen LogP contribution in [-0.4, -0.2) is 52.0 Å². The quantitative estimate of drug-likeness (QED) is 0.803. The zero-order valence-corrected chi connectivity index (χ0v) is 16.5. The van der Waals surface area contributed by atoms with Gasteiger partial charge in [0.15, 0.2) is 0 Å². The van der Waals surface area contributed by atoms with Gasteiger partial charge in [-0.25, -0.2) is 8.42 Å². The number of piperidine rings is 1. The molecule has 2 aromatic rings. The van der Waals surface area contributed by atoms with Gasteiger partial charge in [-0.1, -0.05) is 6.07 Å². The van der Waals surface area contributed by atoms with E-state index in [-0.39, 0.29) is 0 Å². The molecule has 26 heavy (non-hydrogen) atoms. The Morgan fingerprint density at radius 1 is 0.731 bits per heavy atom. The third kappa shape index (κ3) is 3.61. The first kappa shape index (κ1) is 17.8. The normalized spacial score (nSPS) is 19.7. The lowest BCUT2D eigenvalue weighted by molar-refractivity contribution is 0.386. The minimum atomic E-state index is -3.33. The van der Waals surface area contributed by atoms with Gasteiger partial charge >= 0.3 is 0 Å². The molecule has 0 atom stereocenters.